The zero-order valence-corrected chi connectivity index (χ0v) is 24.8. The Bertz CT molecular complexity index is 1590. The number of hydrogen-bond acceptors (Lipinski definition) is 9. The first-order valence-electron chi connectivity index (χ1n) is 13.7. The number of aliphatic hydroxyl groups is 1. The van der Waals surface area contributed by atoms with E-state index in [4.69, 9.17) is 25.1 Å². The van der Waals surface area contributed by atoms with Gasteiger partial charge in [0, 0.05) is 44.0 Å². The van der Waals surface area contributed by atoms with Crippen molar-refractivity contribution < 1.29 is 27.8 Å². The first-order chi connectivity index (χ1) is 20.7. The Labute approximate surface area is 250 Å². The van der Waals surface area contributed by atoms with Gasteiger partial charge in [-0.2, -0.15) is 0 Å². The fourth-order valence-corrected chi connectivity index (χ4v) is 6.11. The normalized spacial score (nSPS) is 18.0. The van der Waals surface area contributed by atoms with Gasteiger partial charge in [-0.15, -0.1) is 0 Å². The summed E-state index contributed by atoms with van der Waals surface area (Å²) < 4.78 is 38.9. The minimum Gasteiger partial charge on any atom is -0.494 e. The summed E-state index contributed by atoms with van der Waals surface area (Å²) in [6.07, 6.45) is -0.751. The van der Waals surface area contributed by atoms with Gasteiger partial charge in [-0.25, -0.2) is 18.4 Å². The lowest BCUT2D eigenvalue weighted by atomic mass is 9.83. The first-order valence-corrected chi connectivity index (χ1v) is 15.3. The topological polar surface area (TPSA) is 166 Å². The number of hydrazine groups is 1. The number of amides is 1. The predicted octanol–water partition coefficient (Wildman–Crippen LogP) is 3.97. The summed E-state index contributed by atoms with van der Waals surface area (Å²) in [6, 6.07) is 22.0. The first kappa shape index (κ1) is 31.5. The van der Waals surface area contributed by atoms with Gasteiger partial charge in [0.2, 0.25) is 5.90 Å². The van der Waals surface area contributed by atoms with E-state index in [2.05, 4.69) is 15.5 Å². The molecule has 13 heteroatoms. The van der Waals surface area contributed by atoms with Crippen LogP contribution in [0.4, 0.5) is 0 Å². The lowest BCUT2D eigenvalue weighted by Gasteiger charge is -2.32. The molecule has 1 amide bonds. The van der Waals surface area contributed by atoms with E-state index < -0.39 is 27.4 Å². The van der Waals surface area contributed by atoms with E-state index >= 15 is 0 Å². The van der Waals surface area contributed by atoms with Crippen molar-refractivity contribution in [2.75, 3.05) is 33.1 Å². The van der Waals surface area contributed by atoms with Gasteiger partial charge >= 0.3 is 0 Å². The molecular formula is C30H34N6O6S. The average Bonchev–Trinajstić information content (AvgIpc) is 3.41. The Morgan fingerprint density at radius 3 is 2.49 bits per heavy atom. The quantitative estimate of drug-likeness (QED) is 0.0921. The number of carbonyl (C=O) groups excluding carboxylic acids is 1. The SMILES string of the molecule is CN(C)NC(=O)[C@@]1(CCS(=O)(=O)c2ccccc2)N=C(c2ccc(OCCCO)cc2)O[C@H]1c1ccccc1CN=[N+]=[N-]. The van der Waals surface area contributed by atoms with Crippen LogP contribution >= 0.6 is 0 Å². The zero-order valence-electron chi connectivity index (χ0n) is 24.0. The molecule has 0 fully saturated rings. The highest BCUT2D eigenvalue weighted by Crippen LogP contribution is 2.44. The predicted molar refractivity (Wildman–Crippen MR) is 161 cm³/mol. The van der Waals surface area contributed by atoms with Crippen LogP contribution in [0, 0.1) is 0 Å². The number of azide groups is 1. The second-order valence-electron chi connectivity index (χ2n) is 10.1. The molecule has 0 aliphatic carbocycles. The van der Waals surface area contributed by atoms with Gasteiger partial charge < -0.3 is 14.6 Å². The summed E-state index contributed by atoms with van der Waals surface area (Å²) in [6.45, 7) is 0.360. The molecule has 0 spiro atoms. The summed E-state index contributed by atoms with van der Waals surface area (Å²) in [7, 11) is -0.505. The molecular weight excluding hydrogens is 572 g/mol. The van der Waals surface area contributed by atoms with Gasteiger partial charge in [-0.05, 0) is 53.1 Å². The molecule has 0 aromatic heterocycles. The van der Waals surface area contributed by atoms with Crippen LogP contribution in [0.1, 0.15) is 35.6 Å². The lowest BCUT2D eigenvalue weighted by molar-refractivity contribution is -0.133. The number of benzene rings is 3. The highest BCUT2D eigenvalue weighted by molar-refractivity contribution is 7.91. The zero-order chi connectivity index (χ0) is 30.9. The monoisotopic (exact) mass is 606 g/mol. The highest BCUT2D eigenvalue weighted by atomic mass is 32.2. The summed E-state index contributed by atoms with van der Waals surface area (Å²) in [5.41, 5.74) is 11.8. The van der Waals surface area contributed by atoms with Crippen molar-refractivity contribution in [3.8, 4) is 5.75 Å². The molecule has 12 nitrogen and oxygen atoms in total. The third kappa shape index (κ3) is 7.51. The Balaban J connectivity index is 1.81. The third-order valence-electron chi connectivity index (χ3n) is 6.85. The van der Waals surface area contributed by atoms with E-state index in [1.807, 2.05) is 0 Å². The van der Waals surface area contributed by atoms with Gasteiger partial charge in [-0.3, -0.25) is 10.2 Å². The molecule has 226 valence electrons. The molecule has 2 atom stereocenters. The van der Waals surface area contributed by atoms with E-state index in [0.717, 1.165) is 0 Å². The number of carbonyl (C=O) groups is 1. The van der Waals surface area contributed by atoms with Gasteiger partial charge in [0.25, 0.3) is 5.91 Å². The molecule has 1 heterocycles. The van der Waals surface area contributed by atoms with Crippen LogP contribution in [-0.2, 0) is 25.9 Å². The fourth-order valence-electron chi connectivity index (χ4n) is 4.72. The maximum atomic E-state index is 14.1. The molecule has 4 rings (SSSR count). The van der Waals surface area contributed by atoms with Crippen molar-refractivity contribution in [3.05, 3.63) is 106 Å². The van der Waals surface area contributed by atoms with E-state index in [1.54, 1.807) is 80.8 Å². The van der Waals surface area contributed by atoms with Gasteiger partial charge in [0.05, 0.1) is 23.8 Å². The Hall–Kier alpha value is -4.42. The van der Waals surface area contributed by atoms with Crippen LogP contribution in [0.3, 0.4) is 0 Å². The van der Waals surface area contributed by atoms with E-state index in [1.165, 1.54) is 17.1 Å². The molecule has 3 aromatic rings. The molecule has 1 aliphatic heterocycles. The van der Waals surface area contributed by atoms with Crippen LogP contribution in [0.25, 0.3) is 10.4 Å². The number of hydrogen-bond donors (Lipinski definition) is 2. The van der Waals surface area contributed by atoms with Crippen molar-refractivity contribution >= 4 is 21.6 Å². The van der Waals surface area contributed by atoms with E-state index in [9.17, 15) is 13.2 Å². The third-order valence-corrected chi connectivity index (χ3v) is 8.58. The minimum atomic E-state index is -3.80. The number of aliphatic hydroxyl groups excluding tert-OH is 1. The maximum absolute atomic E-state index is 14.1. The second-order valence-corrected chi connectivity index (χ2v) is 12.2. The summed E-state index contributed by atoms with van der Waals surface area (Å²) >= 11 is 0. The number of nitrogens with one attached hydrogen (secondary N) is 1. The molecule has 1 aliphatic rings. The summed E-state index contributed by atoms with van der Waals surface area (Å²) in [5, 5.41) is 14.2. The number of sulfone groups is 1. The summed E-state index contributed by atoms with van der Waals surface area (Å²) in [5.74, 6) is -0.206. The van der Waals surface area contributed by atoms with Crippen LogP contribution in [0.2, 0.25) is 0 Å². The molecule has 3 aromatic carbocycles. The van der Waals surface area contributed by atoms with Crippen LogP contribution in [-0.4, -0.2) is 68.9 Å². The second kappa shape index (κ2) is 14.2. The lowest BCUT2D eigenvalue weighted by Crippen LogP contribution is -2.53. The number of ether oxygens (including phenoxy) is 2. The number of nitrogens with zero attached hydrogens (tertiary/aromatic N) is 5. The fraction of sp³-hybridized carbons (Fsp3) is 0.333. The smallest absolute Gasteiger partial charge is 0.266 e. The van der Waals surface area contributed by atoms with Crippen LogP contribution < -0.4 is 10.2 Å². The summed E-state index contributed by atoms with van der Waals surface area (Å²) in [4.78, 5) is 21.9. The van der Waals surface area contributed by atoms with E-state index in [0.29, 0.717) is 35.5 Å². The van der Waals surface area contributed by atoms with Crippen molar-refractivity contribution in [3.63, 3.8) is 0 Å². The molecule has 0 unspecified atom stereocenters. The Morgan fingerprint density at radius 2 is 1.81 bits per heavy atom. The van der Waals surface area contributed by atoms with E-state index in [-0.39, 0.29) is 36.1 Å². The van der Waals surface area contributed by atoms with Crippen LogP contribution in [0.15, 0.2) is 93.9 Å². The van der Waals surface area contributed by atoms with Crippen molar-refractivity contribution in [2.45, 2.75) is 35.9 Å². The molecule has 0 radical (unpaired) electrons. The van der Waals surface area contributed by atoms with Crippen LogP contribution in [0.5, 0.6) is 5.75 Å². The van der Waals surface area contributed by atoms with Crippen molar-refractivity contribution in [1.29, 1.82) is 0 Å². The molecule has 2 N–H and O–H groups in total. The largest absolute Gasteiger partial charge is 0.494 e. The van der Waals surface area contributed by atoms with Gasteiger partial charge in [-0.1, -0.05) is 47.6 Å². The minimum absolute atomic E-state index is 0.00453. The highest BCUT2D eigenvalue weighted by Gasteiger charge is 2.54. The molecule has 0 bridgehead atoms. The van der Waals surface area contributed by atoms with Crippen molar-refractivity contribution in [2.24, 2.45) is 10.1 Å². The van der Waals surface area contributed by atoms with Gasteiger partial charge in [0.15, 0.2) is 21.5 Å². The maximum Gasteiger partial charge on any atom is 0.266 e. The molecule has 0 saturated heterocycles. The Kier molecular flexibility index (Phi) is 10.4. The van der Waals surface area contributed by atoms with Crippen molar-refractivity contribution in [1.82, 2.24) is 10.4 Å². The molecule has 0 saturated carbocycles. The Morgan fingerprint density at radius 1 is 1.12 bits per heavy atom. The van der Waals surface area contributed by atoms with Gasteiger partial charge in [0.1, 0.15) is 5.75 Å². The molecule has 43 heavy (non-hydrogen) atoms. The average molecular weight is 607 g/mol. The number of aliphatic imine (C=N–C) groups is 1. The number of rotatable bonds is 14. The standard InChI is InChI=1S/C30H34N6O6S/c1-36(2)34-29(38)30(17-20-43(39,40)25-10-4-3-5-11-25)27(26-12-7-6-9-23(26)21-32-35-31)42-28(33-30)22-13-15-24(16-14-22)41-19-8-18-37/h3-7,9-16,27,37H,8,17-21H2,1-2H3,(H,34,38)/t27-,30-/m0/s1.